The highest BCUT2D eigenvalue weighted by Gasteiger charge is 2.32. The highest BCUT2D eigenvalue weighted by molar-refractivity contribution is 7.92. The van der Waals surface area contributed by atoms with Crippen molar-refractivity contribution in [3.8, 4) is 5.75 Å². The fraction of sp³-hybridized carbons (Fsp3) is 0.286. The summed E-state index contributed by atoms with van der Waals surface area (Å²) in [5.74, 6) is -0.446. The van der Waals surface area contributed by atoms with Crippen molar-refractivity contribution < 1.29 is 22.7 Å². The first-order valence-electron chi connectivity index (χ1n) is 12.2. The van der Waals surface area contributed by atoms with Crippen molar-refractivity contribution in [2.75, 3.05) is 24.5 Å². The van der Waals surface area contributed by atoms with Crippen molar-refractivity contribution in [1.82, 2.24) is 10.2 Å². The molecule has 0 aliphatic carbocycles. The van der Waals surface area contributed by atoms with Gasteiger partial charge < -0.3 is 15.0 Å². The second-order valence-corrected chi connectivity index (χ2v) is 10.9. The topological polar surface area (TPSA) is 96.0 Å². The first-order chi connectivity index (χ1) is 18.2. The summed E-state index contributed by atoms with van der Waals surface area (Å²) in [6.45, 7) is 3.55. The van der Waals surface area contributed by atoms with Crippen molar-refractivity contribution in [2.45, 2.75) is 37.8 Å². The normalized spacial score (nSPS) is 11.9. The number of carbonyl (C=O) groups excluding carboxylic acids is 2. The summed E-state index contributed by atoms with van der Waals surface area (Å²) in [6, 6.07) is 20.5. The van der Waals surface area contributed by atoms with Gasteiger partial charge in [0.1, 0.15) is 18.3 Å². The summed E-state index contributed by atoms with van der Waals surface area (Å²) >= 11 is 6.16. The van der Waals surface area contributed by atoms with E-state index in [0.717, 1.165) is 10.7 Å². The Balaban J connectivity index is 2.03. The Hall–Kier alpha value is -3.56. The Morgan fingerprint density at radius 3 is 2.37 bits per heavy atom. The molecule has 0 fully saturated rings. The highest BCUT2D eigenvalue weighted by Crippen LogP contribution is 2.27. The van der Waals surface area contributed by atoms with Gasteiger partial charge in [-0.1, -0.05) is 54.9 Å². The number of nitrogens with one attached hydrogen (secondary N) is 1. The van der Waals surface area contributed by atoms with E-state index in [1.807, 2.05) is 6.92 Å². The second kappa shape index (κ2) is 13.3. The average Bonchev–Trinajstić information content (AvgIpc) is 2.93. The number of hydrogen-bond donors (Lipinski definition) is 1. The minimum absolute atomic E-state index is 0.0331. The SMILES string of the molecule is CCCNC(=O)[C@H](C)N(Cc1cccc(Cl)c1)C(=O)CN(c1cccc(OC)c1)S(=O)(=O)c1ccccc1. The molecule has 3 rings (SSSR count). The number of rotatable bonds is 12. The highest BCUT2D eigenvalue weighted by atomic mass is 35.5. The van der Waals surface area contributed by atoms with Crippen LogP contribution in [0.25, 0.3) is 0 Å². The Morgan fingerprint density at radius 1 is 1.00 bits per heavy atom. The van der Waals surface area contributed by atoms with Crippen LogP contribution in [0, 0.1) is 0 Å². The van der Waals surface area contributed by atoms with Crippen molar-refractivity contribution in [1.29, 1.82) is 0 Å². The first-order valence-corrected chi connectivity index (χ1v) is 14.0. The van der Waals surface area contributed by atoms with Gasteiger partial charge in [-0.05, 0) is 55.3 Å². The Labute approximate surface area is 229 Å². The van der Waals surface area contributed by atoms with Gasteiger partial charge in [0.15, 0.2) is 0 Å². The van der Waals surface area contributed by atoms with Crippen LogP contribution in [-0.4, -0.2) is 51.4 Å². The van der Waals surface area contributed by atoms with Crippen LogP contribution in [0.5, 0.6) is 5.75 Å². The maximum Gasteiger partial charge on any atom is 0.264 e. The minimum atomic E-state index is -4.14. The van der Waals surface area contributed by atoms with E-state index in [1.165, 1.54) is 24.1 Å². The number of anilines is 1. The van der Waals surface area contributed by atoms with Gasteiger partial charge in [0.2, 0.25) is 11.8 Å². The minimum Gasteiger partial charge on any atom is -0.497 e. The summed E-state index contributed by atoms with van der Waals surface area (Å²) in [6.07, 6.45) is 0.736. The Bertz CT molecular complexity index is 1350. The number of hydrogen-bond acceptors (Lipinski definition) is 5. The molecular formula is C28H32ClN3O5S. The zero-order chi connectivity index (χ0) is 27.7. The maximum absolute atomic E-state index is 13.8. The summed E-state index contributed by atoms with van der Waals surface area (Å²) in [4.78, 5) is 28.1. The molecule has 2 amide bonds. The maximum atomic E-state index is 13.8. The van der Waals surface area contributed by atoms with Crippen LogP contribution >= 0.6 is 11.6 Å². The molecule has 1 N–H and O–H groups in total. The molecular weight excluding hydrogens is 526 g/mol. The molecule has 10 heteroatoms. The predicted molar refractivity (Wildman–Crippen MR) is 149 cm³/mol. The van der Waals surface area contributed by atoms with Gasteiger partial charge in [-0.25, -0.2) is 8.42 Å². The quantitative estimate of drug-likeness (QED) is 0.354. The molecule has 0 spiro atoms. The van der Waals surface area contributed by atoms with Crippen molar-refractivity contribution in [3.05, 3.63) is 89.4 Å². The van der Waals surface area contributed by atoms with E-state index in [-0.39, 0.29) is 23.0 Å². The van der Waals surface area contributed by atoms with Crippen molar-refractivity contribution >= 4 is 39.1 Å². The Kier molecular flexibility index (Phi) is 10.2. The molecule has 0 aromatic heterocycles. The number of amides is 2. The zero-order valence-corrected chi connectivity index (χ0v) is 23.2. The van der Waals surface area contributed by atoms with Crippen LogP contribution in [0.4, 0.5) is 5.69 Å². The van der Waals surface area contributed by atoms with E-state index in [2.05, 4.69) is 5.32 Å². The lowest BCUT2D eigenvalue weighted by molar-refractivity contribution is -0.139. The zero-order valence-electron chi connectivity index (χ0n) is 21.6. The van der Waals surface area contributed by atoms with Gasteiger partial charge in [0, 0.05) is 24.2 Å². The molecule has 3 aromatic rings. The fourth-order valence-corrected chi connectivity index (χ4v) is 5.46. The van der Waals surface area contributed by atoms with Gasteiger partial charge in [0.25, 0.3) is 10.0 Å². The van der Waals surface area contributed by atoms with E-state index in [1.54, 1.807) is 73.7 Å². The number of sulfonamides is 1. The van der Waals surface area contributed by atoms with Gasteiger partial charge in [0.05, 0.1) is 17.7 Å². The lowest BCUT2D eigenvalue weighted by Gasteiger charge is -2.32. The molecule has 0 aliphatic heterocycles. The molecule has 0 radical (unpaired) electrons. The number of benzene rings is 3. The number of methoxy groups -OCH3 is 1. The average molecular weight is 558 g/mol. The first kappa shape index (κ1) is 29.0. The van der Waals surface area contributed by atoms with Crippen molar-refractivity contribution in [3.63, 3.8) is 0 Å². The molecule has 0 saturated carbocycles. The van der Waals surface area contributed by atoms with Gasteiger partial charge >= 0.3 is 0 Å². The monoisotopic (exact) mass is 557 g/mol. The van der Waals surface area contributed by atoms with E-state index in [0.29, 0.717) is 22.9 Å². The smallest absolute Gasteiger partial charge is 0.264 e. The molecule has 0 unspecified atom stereocenters. The van der Waals surface area contributed by atoms with Gasteiger partial charge in [-0.15, -0.1) is 0 Å². The van der Waals surface area contributed by atoms with Crippen LogP contribution in [0.1, 0.15) is 25.8 Å². The van der Waals surface area contributed by atoms with E-state index < -0.39 is 28.5 Å². The second-order valence-electron chi connectivity index (χ2n) is 8.64. The summed E-state index contributed by atoms with van der Waals surface area (Å²) in [5, 5.41) is 3.30. The van der Waals surface area contributed by atoms with Crippen LogP contribution in [0.3, 0.4) is 0 Å². The number of halogens is 1. The van der Waals surface area contributed by atoms with E-state index >= 15 is 0 Å². The molecule has 38 heavy (non-hydrogen) atoms. The van der Waals surface area contributed by atoms with Crippen LogP contribution in [0.2, 0.25) is 5.02 Å². The summed E-state index contributed by atoms with van der Waals surface area (Å²) in [7, 11) is -2.66. The van der Waals surface area contributed by atoms with Gasteiger partial charge in [-0.2, -0.15) is 0 Å². The molecule has 0 saturated heterocycles. The number of nitrogens with zero attached hydrogens (tertiary/aromatic N) is 2. The number of carbonyl (C=O) groups is 2. The van der Waals surface area contributed by atoms with Crippen molar-refractivity contribution in [2.24, 2.45) is 0 Å². The molecule has 0 aliphatic rings. The molecule has 3 aromatic carbocycles. The fourth-order valence-electron chi connectivity index (χ4n) is 3.82. The van der Waals surface area contributed by atoms with E-state index in [9.17, 15) is 18.0 Å². The van der Waals surface area contributed by atoms with E-state index in [4.69, 9.17) is 16.3 Å². The lowest BCUT2D eigenvalue weighted by atomic mass is 10.1. The van der Waals surface area contributed by atoms with Crippen LogP contribution in [0.15, 0.2) is 83.8 Å². The van der Waals surface area contributed by atoms with Gasteiger partial charge in [-0.3, -0.25) is 13.9 Å². The molecule has 0 heterocycles. The predicted octanol–water partition coefficient (Wildman–Crippen LogP) is 4.49. The Morgan fingerprint density at radius 2 is 1.71 bits per heavy atom. The third-order valence-corrected chi connectivity index (χ3v) is 7.93. The molecule has 0 bridgehead atoms. The third kappa shape index (κ3) is 7.26. The summed E-state index contributed by atoms with van der Waals surface area (Å²) in [5.41, 5.74) is 0.965. The summed E-state index contributed by atoms with van der Waals surface area (Å²) < 4.78 is 33.8. The van der Waals surface area contributed by atoms with Crippen LogP contribution < -0.4 is 14.4 Å². The van der Waals surface area contributed by atoms with Crippen LogP contribution in [-0.2, 0) is 26.2 Å². The molecule has 1 atom stereocenters. The molecule has 202 valence electrons. The largest absolute Gasteiger partial charge is 0.497 e. The number of ether oxygens (including phenoxy) is 1. The third-order valence-electron chi connectivity index (χ3n) is 5.91. The lowest BCUT2D eigenvalue weighted by Crippen LogP contribution is -2.51. The molecule has 8 nitrogen and oxygen atoms in total. The standard InChI is InChI=1S/C28H32ClN3O5S/c1-4-16-30-28(34)21(2)31(19-22-10-8-11-23(29)17-22)27(33)20-32(24-12-9-13-25(18-24)37-3)38(35,36)26-14-6-5-7-15-26/h5-15,17-18,21H,4,16,19-20H2,1-3H3,(H,30,34)/t21-/m0/s1.